The van der Waals surface area contributed by atoms with E-state index in [2.05, 4.69) is 21.9 Å². The molecule has 0 spiro atoms. The van der Waals surface area contributed by atoms with Crippen LogP contribution in [0.15, 0.2) is 56.9 Å². The van der Waals surface area contributed by atoms with Crippen LogP contribution in [0.2, 0.25) is 0 Å². The van der Waals surface area contributed by atoms with Crippen LogP contribution in [0.3, 0.4) is 0 Å². The van der Waals surface area contributed by atoms with Crippen molar-refractivity contribution in [1.82, 2.24) is 5.32 Å². The van der Waals surface area contributed by atoms with Gasteiger partial charge in [0.05, 0.1) is 31.1 Å². The zero-order chi connectivity index (χ0) is 23.1. The summed E-state index contributed by atoms with van der Waals surface area (Å²) >= 11 is 7.38. The number of thioether (sulfide) groups is 1. The van der Waals surface area contributed by atoms with Crippen molar-refractivity contribution in [2.75, 3.05) is 14.2 Å². The van der Waals surface area contributed by atoms with E-state index < -0.39 is 0 Å². The maximum atomic E-state index is 12.9. The Bertz CT molecular complexity index is 727. The molecule has 0 saturated heterocycles. The lowest BCUT2D eigenvalue weighted by Crippen LogP contribution is -2.40. The molecule has 2 atom stereocenters. The third-order valence-corrected chi connectivity index (χ3v) is 5.54. The second kappa shape index (κ2) is 15.8. The lowest BCUT2D eigenvalue weighted by Gasteiger charge is -2.23. The van der Waals surface area contributed by atoms with Crippen molar-refractivity contribution in [3.8, 4) is 0 Å². The molecule has 0 aliphatic heterocycles. The van der Waals surface area contributed by atoms with E-state index in [1.165, 1.54) is 11.8 Å². The zero-order valence-corrected chi connectivity index (χ0v) is 20.6. The Morgan fingerprint density at radius 1 is 1.27 bits per heavy atom. The number of hydrogen-bond acceptors (Lipinski definition) is 5. The van der Waals surface area contributed by atoms with Gasteiger partial charge in [-0.3, -0.25) is 4.79 Å². The highest BCUT2D eigenvalue weighted by atomic mass is 35.5. The first-order valence-corrected chi connectivity index (χ1v) is 11.1. The molecule has 0 heterocycles. The first-order chi connectivity index (χ1) is 14.3. The maximum Gasteiger partial charge on any atom is 0.233 e. The number of halogens is 1. The molecule has 168 valence electrons. The van der Waals surface area contributed by atoms with Gasteiger partial charge in [-0.2, -0.15) is 0 Å². The number of carbonyl (C=O) groups excluding carboxylic acids is 1. The second-order valence-electron chi connectivity index (χ2n) is 6.04. The Hall–Kier alpha value is -1.99. The van der Waals surface area contributed by atoms with E-state index in [0.717, 1.165) is 11.3 Å². The van der Waals surface area contributed by atoms with E-state index in [0.29, 0.717) is 24.4 Å². The van der Waals surface area contributed by atoms with Crippen molar-refractivity contribution >= 4 is 40.8 Å². The van der Waals surface area contributed by atoms with Crippen molar-refractivity contribution in [1.29, 1.82) is 0 Å². The molecule has 8 heteroatoms. The smallest absolute Gasteiger partial charge is 0.233 e. The summed E-state index contributed by atoms with van der Waals surface area (Å²) in [5.74, 6) is 1.08. The fourth-order valence-electron chi connectivity index (χ4n) is 2.56. The summed E-state index contributed by atoms with van der Waals surface area (Å²) in [6.45, 7) is 13.2. The highest BCUT2D eigenvalue weighted by molar-refractivity contribution is 8.03. The van der Waals surface area contributed by atoms with Crippen LogP contribution < -0.4 is 5.32 Å². The molecule has 0 aromatic rings. The van der Waals surface area contributed by atoms with E-state index >= 15 is 0 Å². The Kier molecular flexibility index (Phi) is 14.7. The predicted octanol–water partition coefficient (Wildman–Crippen LogP) is 5.58. The largest absolute Gasteiger partial charge is 0.497 e. The summed E-state index contributed by atoms with van der Waals surface area (Å²) in [5, 5.41) is 4.79. The van der Waals surface area contributed by atoms with Gasteiger partial charge in [-0.25, -0.2) is 9.98 Å². The zero-order valence-electron chi connectivity index (χ0n) is 19.0. The van der Waals surface area contributed by atoms with Crippen LogP contribution in [0.25, 0.3) is 0 Å². The number of nitrogens with zero attached hydrogens (tertiary/aromatic N) is 2. The summed E-state index contributed by atoms with van der Waals surface area (Å²) in [7, 11) is 3.14. The number of allylic oxidation sites excluding steroid dienone is 3. The SMILES string of the molecule is C=C/C(OC)=C(\C(=C/C)OC)C(C)NC(=O)C(CC)S/C=C(CC)/N=C(Cl)/N=C\C. The number of hydrogen-bond donors (Lipinski definition) is 1. The van der Waals surface area contributed by atoms with Crippen molar-refractivity contribution in [3.05, 3.63) is 46.9 Å². The van der Waals surface area contributed by atoms with Gasteiger partial charge < -0.3 is 14.8 Å². The van der Waals surface area contributed by atoms with Crippen LogP contribution >= 0.6 is 23.4 Å². The van der Waals surface area contributed by atoms with E-state index in [-0.39, 0.29) is 22.5 Å². The fourth-order valence-corrected chi connectivity index (χ4v) is 3.69. The van der Waals surface area contributed by atoms with Crippen LogP contribution in [-0.2, 0) is 14.3 Å². The number of nitrogens with one attached hydrogen (secondary N) is 1. The molecule has 2 unspecified atom stereocenters. The lowest BCUT2D eigenvalue weighted by atomic mass is 10.0. The maximum absolute atomic E-state index is 12.9. The van der Waals surface area contributed by atoms with Gasteiger partial charge >= 0.3 is 0 Å². The molecule has 0 aromatic heterocycles. The fraction of sp³-hybridized carbons (Fsp3) is 0.500. The number of aliphatic imine (C=N–C) groups is 2. The highest BCUT2D eigenvalue weighted by Gasteiger charge is 2.24. The number of ether oxygens (including phenoxy) is 2. The molecule has 1 amide bonds. The van der Waals surface area contributed by atoms with Crippen LogP contribution in [0.5, 0.6) is 0 Å². The van der Waals surface area contributed by atoms with E-state index in [9.17, 15) is 4.79 Å². The second-order valence-corrected chi connectivity index (χ2v) is 7.45. The molecule has 30 heavy (non-hydrogen) atoms. The summed E-state index contributed by atoms with van der Waals surface area (Å²) in [6, 6.07) is -0.341. The Balaban J connectivity index is 5.56. The minimum atomic E-state index is -0.341. The van der Waals surface area contributed by atoms with Crippen molar-refractivity contribution < 1.29 is 14.3 Å². The molecule has 0 aliphatic rings. The predicted molar refractivity (Wildman–Crippen MR) is 130 cm³/mol. The van der Waals surface area contributed by atoms with Gasteiger partial charge in [-0.15, -0.1) is 11.8 Å². The lowest BCUT2D eigenvalue weighted by molar-refractivity contribution is -0.121. The van der Waals surface area contributed by atoms with E-state index in [1.54, 1.807) is 33.4 Å². The molecule has 0 bridgehead atoms. The number of carbonyl (C=O) groups is 1. The van der Waals surface area contributed by atoms with Gasteiger partial charge in [0, 0.05) is 11.9 Å². The van der Waals surface area contributed by atoms with Gasteiger partial charge in [0.15, 0.2) is 0 Å². The van der Waals surface area contributed by atoms with E-state index in [1.807, 2.05) is 39.2 Å². The van der Waals surface area contributed by atoms with Crippen molar-refractivity contribution in [3.63, 3.8) is 0 Å². The molecule has 0 rings (SSSR count). The third-order valence-electron chi connectivity index (χ3n) is 4.08. The first-order valence-electron chi connectivity index (χ1n) is 9.82. The molecule has 0 fully saturated rings. The molecule has 0 saturated carbocycles. The average Bonchev–Trinajstić information content (AvgIpc) is 2.73. The normalized spacial score (nSPS) is 16.1. The number of amidine groups is 1. The molecule has 0 aromatic carbocycles. The van der Waals surface area contributed by atoms with Crippen LogP contribution in [0, 0.1) is 0 Å². The van der Waals surface area contributed by atoms with Gasteiger partial charge in [0.1, 0.15) is 11.5 Å². The molecule has 1 N–H and O–H groups in total. The van der Waals surface area contributed by atoms with Gasteiger partial charge in [-0.05, 0) is 62.8 Å². The third kappa shape index (κ3) is 9.22. The summed E-state index contributed by atoms with van der Waals surface area (Å²) in [4.78, 5) is 21.1. The highest BCUT2D eigenvalue weighted by Crippen LogP contribution is 2.24. The van der Waals surface area contributed by atoms with E-state index in [4.69, 9.17) is 21.1 Å². The standard InChI is InChI=1S/C22H34ClN3O3S/c1-9-16(26-22(23)24-13-5)14-30-19(12-4)21(27)25-15(6)20(17(10-2)28-7)18(11-3)29-8/h10-11,13-15,19H,2,9,12H2,1,3-8H3,(H,25,27)/b16-14+,18-11+,20-17+,24-13-,26-22+. The Morgan fingerprint density at radius 2 is 1.93 bits per heavy atom. The van der Waals surface area contributed by atoms with Gasteiger partial charge in [0.2, 0.25) is 11.2 Å². The molecular formula is C22H34ClN3O3S. The summed E-state index contributed by atoms with van der Waals surface area (Å²) < 4.78 is 10.9. The molecular weight excluding hydrogens is 422 g/mol. The Labute approximate surface area is 190 Å². The van der Waals surface area contributed by atoms with Gasteiger partial charge in [-0.1, -0.05) is 20.4 Å². The minimum Gasteiger partial charge on any atom is -0.497 e. The van der Waals surface area contributed by atoms with Crippen LogP contribution in [-0.4, -0.2) is 42.9 Å². The molecule has 0 aliphatic carbocycles. The summed E-state index contributed by atoms with van der Waals surface area (Å²) in [5.41, 5.74) is 1.49. The average molecular weight is 456 g/mol. The topological polar surface area (TPSA) is 72.3 Å². The number of methoxy groups -OCH3 is 2. The van der Waals surface area contributed by atoms with Gasteiger partial charge in [0.25, 0.3) is 0 Å². The summed E-state index contributed by atoms with van der Waals surface area (Å²) in [6.07, 6.45) is 6.34. The number of rotatable bonds is 12. The van der Waals surface area contributed by atoms with Crippen molar-refractivity contribution in [2.45, 2.75) is 58.8 Å². The minimum absolute atomic E-state index is 0.0908. The van der Waals surface area contributed by atoms with Crippen molar-refractivity contribution in [2.24, 2.45) is 9.98 Å². The Morgan fingerprint density at radius 3 is 2.37 bits per heavy atom. The number of amides is 1. The van der Waals surface area contributed by atoms with Crippen LogP contribution in [0.1, 0.15) is 47.5 Å². The monoisotopic (exact) mass is 455 g/mol. The molecule has 6 nitrogen and oxygen atoms in total. The quantitative estimate of drug-likeness (QED) is 0.137. The van der Waals surface area contributed by atoms with Crippen LogP contribution in [0.4, 0.5) is 0 Å². The molecule has 0 radical (unpaired) electrons. The first kappa shape index (κ1) is 28.0.